The van der Waals surface area contributed by atoms with Gasteiger partial charge in [0.15, 0.2) is 11.6 Å². The van der Waals surface area contributed by atoms with Gasteiger partial charge in [-0.15, -0.1) is 5.10 Å². The molecular weight excluding hydrogens is 474 g/mol. The summed E-state index contributed by atoms with van der Waals surface area (Å²) in [4.78, 5) is 4.93. The second-order valence-electron chi connectivity index (χ2n) is 9.35. The van der Waals surface area contributed by atoms with Crippen molar-refractivity contribution < 1.29 is 4.74 Å². The Kier molecular flexibility index (Phi) is 6.13. The fourth-order valence-electron chi connectivity index (χ4n) is 4.61. The molecule has 0 aliphatic rings. The van der Waals surface area contributed by atoms with Gasteiger partial charge in [0, 0.05) is 16.6 Å². The Bertz CT molecular complexity index is 1750. The van der Waals surface area contributed by atoms with E-state index in [0.29, 0.717) is 18.2 Å². The fraction of sp³-hybridized carbons (Fsp3) is 0.167. The van der Waals surface area contributed by atoms with Crippen LogP contribution in [0, 0.1) is 20.8 Å². The minimum atomic E-state index is 0.243. The van der Waals surface area contributed by atoms with Crippen LogP contribution in [-0.2, 0) is 13.2 Å². The largest absolute Gasteiger partial charge is 0.485 e. The van der Waals surface area contributed by atoms with Crippen LogP contribution in [0.5, 0.6) is 5.75 Å². The summed E-state index contributed by atoms with van der Waals surface area (Å²) in [6.45, 7) is 7.02. The molecule has 0 aliphatic heterocycles. The van der Waals surface area contributed by atoms with E-state index in [0.717, 1.165) is 50.4 Å². The van der Waals surface area contributed by atoms with Crippen molar-refractivity contribution in [1.82, 2.24) is 34.7 Å². The Morgan fingerprint density at radius 3 is 2.53 bits per heavy atom. The standard InChI is InChI=1S/C30H27N7O/c1-20-9-4-7-14-28(20)38-19-29-32-30(37(35-29)27-17-31-33-26-13-6-5-12-25(26)27)24-11-8-10-23(16-24)18-36-22(3)15-21(2)34-36/h4-17H,18-19H2,1-3H3. The molecule has 6 aromatic rings. The molecule has 0 atom stereocenters. The third-order valence-corrected chi connectivity index (χ3v) is 6.48. The molecule has 38 heavy (non-hydrogen) atoms. The maximum atomic E-state index is 6.09. The highest BCUT2D eigenvalue weighted by Crippen LogP contribution is 2.27. The predicted octanol–water partition coefficient (Wildman–Crippen LogP) is 5.63. The number of hydrogen-bond donors (Lipinski definition) is 0. The van der Waals surface area contributed by atoms with Crippen LogP contribution in [0.2, 0.25) is 0 Å². The van der Waals surface area contributed by atoms with E-state index in [9.17, 15) is 0 Å². The van der Waals surface area contributed by atoms with Gasteiger partial charge in [0.1, 0.15) is 12.4 Å². The quantitative estimate of drug-likeness (QED) is 0.282. The van der Waals surface area contributed by atoms with E-state index in [1.807, 2.05) is 83.9 Å². The summed E-state index contributed by atoms with van der Waals surface area (Å²) in [6.07, 6.45) is 1.73. The van der Waals surface area contributed by atoms with Gasteiger partial charge in [0.2, 0.25) is 0 Å². The summed E-state index contributed by atoms with van der Waals surface area (Å²) in [5.41, 5.74) is 6.87. The first-order chi connectivity index (χ1) is 18.5. The van der Waals surface area contributed by atoms with Crippen LogP contribution in [-0.4, -0.2) is 34.7 Å². The number of aryl methyl sites for hydroxylation is 3. The van der Waals surface area contributed by atoms with Crippen molar-refractivity contribution >= 4 is 10.9 Å². The SMILES string of the molecule is Cc1cc(C)n(Cc2cccc(-c3nc(COc4ccccc4C)nn3-c3cnnc4ccccc34)c2)n1. The van der Waals surface area contributed by atoms with E-state index < -0.39 is 0 Å². The molecule has 0 unspecified atom stereocenters. The molecule has 0 bridgehead atoms. The number of para-hydroxylation sites is 1. The Labute approximate surface area is 220 Å². The van der Waals surface area contributed by atoms with Crippen LogP contribution in [0.15, 0.2) is 85.1 Å². The molecule has 0 fully saturated rings. The first-order valence-corrected chi connectivity index (χ1v) is 12.5. The van der Waals surface area contributed by atoms with E-state index in [2.05, 4.69) is 40.4 Å². The van der Waals surface area contributed by atoms with Gasteiger partial charge in [-0.2, -0.15) is 15.3 Å². The van der Waals surface area contributed by atoms with Crippen molar-refractivity contribution in [2.45, 2.75) is 33.9 Å². The topological polar surface area (TPSA) is 83.5 Å². The molecule has 0 spiro atoms. The molecule has 0 radical (unpaired) electrons. The molecule has 3 heterocycles. The third kappa shape index (κ3) is 4.64. The second-order valence-corrected chi connectivity index (χ2v) is 9.35. The number of fused-ring (bicyclic) bond motifs is 1. The number of nitrogens with zero attached hydrogens (tertiary/aromatic N) is 7. The average Bonchev–Trinajstić information content (AvgIpc) is 3.50. The molecule has 188 valence electrons. The van der Waals surface area contributed by atoms with Gasteiger partial charge in [-0.3, -0.25) is 4.68 Å². The fourth-order valence-corrected chi connectivity index (χ4v) is 4.61. The Morgan fingerprint density at radius 2 is 1.68 bits per heavy atom. The smallest absolute Gasteiger partial charge is 0.189 e. The molecule has 8 nitrogen and oxygen atoms in total. The maximum absolute atomic E-state index is 6.09. The molecule has 3 aromatic heterocycles. The van der Waals surface area contributed by atoms with Gasteiger partial charge in [0.05, 0.1) is 29.6 Å². The third-order valence-electron chi connectivity index (χ3n) is 6.48. The second kappa shape index (κ2) is 9.89. The highest BCUT2D eigenvalue weighted by atomic mass is 16.5. The molecule has 0 N–H and O–H groups in total. The van der Waals surface area contributed by atoms with Crippen molar-refractivity contribution in [1.29, 1.82) is 0 Å². The molecule has 0 saturated heterocycles. The number of rotatable bonds is 7. The zero-order valence-corrected chi connectivity index (χ0v) is 21.5. The van der Waals surface area contributed by atoms with E-state index in [1.165, 1.54) is 0 Å². The lowest BCUT2D eigenvalue weighted by atomic mass is 10.1. The van der Waals surface area contributed by atoms with Gasteiger partial charge in [0.25, 0.3) is 0 Å². The average molecular weight is 502 g/mol. The number of aromatic nitrogens is 7. The maximum Gasteiger partial charge on any atom is 0.189 e. The predicted molar refractivity (Wildman–Crippen MR) is 146 cm³/mol. The summed E-state index contributed by atoms with van der Waals surface area (Å²) < 4.78 is 9.95. The zero-order chi connectivity index (χ0) is 26.1. The molecule has 8 heteroatoms. The molecule has 6 rings (SSSR count). The van der Waals surface area contributed by atoms with E-state index in [4.69, 9.17) is 14.8 Å². The van der Waals surface area contributed by atoms with Gasteiger partial charge >= 0.3 is 0 Å². The lowest BCUT2D eigenvalue weighted by molar-refractivity contribution is 0.294. The lowest BCUT2D eigenvalue weighted by Crippen LogP contribution is -2.05. The van der Waals surface area contributed by atoms with Crippen LogP contribution in [0.1, 0.15) is 28.3 Å². The lowest BCUT2D eigenvalue weighted by Gasteiger charge is -2.10. The van der Waals surface area contributed by atoms with Gasteiger partial charge in [-0.05, 0) is 56.2 Å². The number of ether oxygens (including phenoxy) is 1. The summed E-state index contributed by atoms with van der Waals surface area (Å²) in [5, 5.41) is 19.0. The van der Waals surface area contributed by atoms with E-state index in [1.54, 1.807) is 6.20 Å². The van der Waals surface area contributed by atoms with E-state index in [-0.39, 0.29) is 6.61 Å². The summed E-state index contributed by atoms with van der Waals surface area (Å²) in [5.74, 6) is 2.10. The van der Waals surface area contributed by atoms with Crippen LogP contribution in [0.3, 0.4) is 0 Å². The van der Waals surface area contributed by atoms with Crippen molar-refractivity contribution in [2.75, 3.05) is 0 Å². The van der Waals surface area contributed by atoms with Gasteiger partial charge < -0.3 is 4.74 Å². The molecule has 3 aromatic carbocycles. The highest BCUT2D eigenvalue weighted by Gasteiger charge is 2.18. The van der Waals surface area contributed by atoms with E-state index >= 15 is 0 Å². The minimum absolute atomic E-state index is 0.243. The van der Waals surface area contributed by atoms with Crippen molar-refractivity contribution in [2.24, 2.45) is 0 Å². The Hall–Kier alpha value is -4.85. The monoisotopic (exact) mass is 501 g/mol. The normalized spacial score (nSPS) is 11.2. The minimum Gasteiger partial charge on any atom is -0.485 e. The molecule has 0 amide bonds. The Morgan fingerprint density at radius 1 is 0.842 bits per heavy atom. The van der Waals surface area contributed by atoms with Crippen molar-refractivity contribution in [3.05, 3.63) is 113 Å². The molecular formula is C30H27N7O. The summed E-state index contributed by atoms with van der Waals surface area (Å²) in [6, 6.07) is 26.3. The number of benzene rings is 3. The van der Waals surface area contributed by atoms with Gasteiger partial charge in [-0.25, -0.2) is 9.67 Å². The molecule has 0 aliphatic carbocycles. The highest BCUT2D eigenvalue weighted by molar-refractivity contribution is 5.86. The first-order valence-electron chi connectivity index (χ1n) is 12.5. The molecule has 0 saturated carbocycles. The van der Waals surface area contributed by atoms with Crippen LogP contribution < -0.4 is 4.74 Å². The summed E-state index contributed by atoms with van der Waals surface area (Å²) in [7, 11) is 0. The first kappa shape index (κ1) is 23.5. The van der Waals surface area contributed by atoms with Crippen molar-refractivity contribution in [3.8, 4) is 22.8 Å². The summed E-state index contributed by atoms with van der Waals surface area (Å²) >= 11 is 0. The van der Waals surface area contributed by atoms with Crippen LogP contribution >= 0.6 is 0 Å². The van der Waals surface area contributed by atoms with Crippen LogP contribution in [0.4, 0.5) is 0 Å². The number of hydrogen-bond acceptors (Lipinski definition) is 6. The Balaban J connectivity index is 1.42. The van der Waals surface area contributed by atoms with Gasteiger partial charge in [-0.1, -0.05) is 54.6 Å². The van der Waals surface area contributed by atoms with Crippen LogP contribution in [0.25, 0.3) is 28.0 Å². The van der Waals surface area contributed by atoms with Crippen molar-refractivity contribution in [3.63, 3.8) is 0 Å². The zero-order valence-electron chi connectivity index (χ0n) is 21.5.